The Hall–Kier alpha value is -0.990. The van der Waals surface area contributed by atoms with Crippen molar-refractivity contribution in [3.8, 4) is 0 Å². The van der Waals surface area contributed by atoms with E-state index in [9.17, 15) is 8.42 Å². The van der Waals surface area contributed by atoms with Crippen LogP contribution in [0.4, 0.5) is 0 Å². The highest BCUT2D eigenvalue weighted by molar-refractivity contribution is 7.89. The largest absolute Gasteiger partial charge is 0.317 e. The molecular weight excluding hydrogens is 326 g/mol. The molecule has 1 aromatic rings. The van der Waals surface area contributed by atoms with Crippen LogP contribution in [-0.4, -0.2) is 64.3 Å². The molecule has 24 heavy (non-hydrogen) atoms. The molecule has 0 amide bonds. The Morgan fingerprint density at radius 2 is 1.83 bits per heavy atom. The number of nitrogens with zero attached hydrogens (tertiary/aromatic N) is 5. The molecule has 0 unspecified atom stereocenters. The molecule has 2 aliphatic heterocycles. The lowest BCUT2D eigenvalue weighted by Crippen LogP contribution is -2.40. The minimum atomic E-state index is -3.12. The van der Waals surface area contributed by atoms with Gasteiger partial charge in [-0.2, -0.15) is 0 Å². The molecule has 0 saturated carbocycles. The van der Waals surface area contributed by atoms with Crippen LogP contribution in [0.5, 0.6) is 0 Å². The lowest BCUT2D eigenvalue weighted by Gasteiger charge is -2.31. The fourth-order valence-electron chi connectivity index (χ4n) is 3.77. The summed E-state index contributed by atoms with van der Waals surface area (Å²) in [7, 11) is -1.11. The molecule has 2 saturated heterocycles. The first kappa shape index (κ1) is 17.8. The molecule has 2 aliphatic rings. The third-order valence-electron chi connectivity index (χ3n) is 5.32. The second-order valence-corrected chi connectivity index (χ2v) is 9.23. The summed E-state index contributed by atoms with van der Waals surface area (Å²) >= 11 is 0. The first-order valence-electron chi connectivity index (χ1n) is 9.09. The lowest BCUT2D eigenvalue weighted by atomic mass is 9.99. The van der Waals surface area contributed by atoms with Gasteiger partial charge in [0.15, 0.2) is 0 Å². The normalized spacial score (nSPS) is 24.3. The van der Waals surface area contributed by atoms with E-state index < -0.39 is 10.0 Å². The van der Waals surface area contributed by atoms with Gasteiger partial charge in [0.05, 0.1) is 12.3 Å². The average Bonchev–Trinajstić information content (AvgIpc) is 2.96. The summed E-state index contributed by atoms with van der Waals surface area (Å²) in [5.74, 6) is 2.23. The third kappa shape index (κ3) is 3.81. The second kappa shape index (κ2) is 7.49. The summed E-state index contributed by atoms with van der Waals surface area (Å²) in [6.07, 6.45) is 5.71. The summed E-state index contributed by atoms with van der Waals surface area (Å²) in [6.45, 7) is 5.98. The van der Waals surface area contributed by atoms with Gasteiger partial charge >= 0.3 is 0 Å². The minimum Gasteiger partial charge on any atom is -0.317 e. The number of aromatic nitrogens is 3. The maximum absolute atomic E-state index is 12.2. The number of piperidine rings is 2. The molecule has 8 heteroatoms. The number of likely N-dealkylation sites (tertiary alicyclic amines) is 1. The summed E-state index contributed by atoms with van der Waals surface area (Å²) in [5, 5.41) is 8.81. The Bertz CT molecular complexity index is 651. The fraction of sp³-hybridized carbons (Fsp3) is 0.875. The molecule has 0 spiro atoms. The Labute approximate surface area is 145 Å². The van der Waals surface area contributed by atoms with Gasteiger partial charge in [0.25, 0.3) is 0 Å². The maximum Gasteiger partial charge on any atom is 0.213 e. The maximum atomic E-state index is 12.2. The van der Waals surface area contributed by atoms with E-state index in [0.29, 0.717) is 13.1 Å². The SMILES string of the molecule is CCS(=O)(=O)N1CCC[C@H](c2nnc(CN3CCCCC3)n2C)C1. The molecule has 3 rings (SSSR count). The summed E-state index contributed by atoms with van der Waals surface area (Å²) in [4.78, 5) is 2.44. The number of sulfonamides is 1. The van der Waals surface area contributed by atoms with Crippen molar-refractivity contribution < 1.29 is 8.42 Å². The zero-order valence-electron chi connectivity index (χ0n) is 14.8. The highest BCUT2D eigenvalue weighted by atomic mass is 32.2. The van der Waals surface area contributed by atoms with Crippen molar-refractivity contribution in [1.82, 2.24) is 24.0 Å². The van der Waals surface area contributed by atoms with E-state index in [2.05, 4.69) is 19.7 Å². The Balaban J connectivity index is 1.70. The van der Waals surface area contributed by atoms with Crippen molar-refractivity contribution in [2.24, 2.45) is 7.05 Å². The zero-order valence-corrected chi connectivity index (χ0v) is 15.6. The van der Waals surface area contributed by atoms with Crippen molar-refractivity contribution in [2.45, 2.75) is 51.5 Å². The monoisotopic (exact) mass is 355 g/mol. The van der Waals surface area contributed by atoms with E-state index in [0.717, 1.165) is 44.1 Å². The van der Waals surface area contributed by atoms with Crippen LogP contribution in [0.25, 0.3) is 0 Å². The van der Waals surface area contributed by atoms with Crippen LogP contribution in [-0.2, 0) is 23.6 Å². The van der Waals surface area contributed by atoms with Crippen LogP contribution in [0.2, 0.25) is 0 Å². The standard InChI is InChI=1S/C16H29N5O2S/c1-3-24(22,23)21-11-7-8-14(12-21)16-18-17-15(19(16)2)13-20-9-5-4-6-10-20/h14H,3-13H2,1-2H3/t14-/m0/s1. The first-order chi connectivity index (χ1) is 11.5. The Morgan fingerprint density at radius 1 is 1.08 bits per heavy atom. The van der Waals surface area contributed by atoms with Crippen LogP contribution < -0.4 is 0 Å². The van der Waals surface area contributed by atoms with Crippen LogP contribution >= 0.6 is 0 Å². The quantitative estimate of drug-likeness (QED) is 0.797. The predicted molar refractivity (Wildman–Crippen MR) is 93.1 cm³/mol. The Morgan fingerprint density at radius 3 is 2.54 bits per heavy atom. The van der Waals surface area contributed by atoms with Gasteiger partial charge in [-0.25, -0.2) is 12.7 Å². The van der Waals surface area contributed by atoms with E-state index in [1.807, 2.05) is 7.05 Å². The van der Waals surface area contributed by atoms with Gasteiger partial charge in [-0.15, -0.1) is 10.2 Å². The van der Waals surface area contributed by atoms with Crippen molar-refractivity contribution >= 4 is 10.0 Å². The van der Waals surface area contributed by atoms with Gasteiger partial charge in [-0.3, -0.25) is 4.90 Å². The van der Waals surface area contributed by atoms with Gasteiger partial charge < -0.3 is 4.57 Å². The molecule has 0 aliphatic carbocycles. The van der Waals surface area contributed by atoms with E-state index in [4.69, 9.17) is 0 Å². The average molecular weight is 356 g/mol. The van der Waals surface area contributed by atoms with Crippen LogP contribution in [0.15, 0.2) is 0 Å². The predicted octanol–water partition coefficient (Wildman–Crippen LogP) is 1.33. The van der Waals surface area contributed by atoms with Crippen LogP contribution in [0.3, 0.4) is 0 Å². The van der Waals surface area contributed by atoms with E-state index in [1.165, 1.54) is 19.3 Å². The fourth-order valence-corrected chi connectivity index (χ4v) is 4.95. The number of hydrogen-bond acceptors (Lipinski definition) is 5. The number of rotatable bonds is 5. The second-order valence-electron chi connectivity index (χ2n) is 6.97. The van der Waals surface area contributed by atoms with Crippen LogP contribution in [0.1, 0.15) is 56.6 Å². The van der Waals surface area contributed by atoms with Crippen molar-refractivity contribution in [3.63, 3.8) is 0 Å². The van der Waals surface area contributed by atoms with Gasteiger partial charge in [-0.1, -0.05) is 6.42 Å². The van der Waals surface area contributed by atoms with E-state index >= 15 is 0 Å². The molecular formula is C16H29N5O2S. The van der Waals surface area contributed by atoms with E-state index in [-0.39, 0.29) is 11.7 Å². The smallest absolute Gasteiger partial charge is 0.213 e. The molecule has 7 nitrogen and oxygen atoms in total. The highest BCUT2D eigenvalue weighted by Gasteiger charge is 2.31. The van der Waals surface area contributed by atoms with Crippen LogP contribution in [0, 0.1) is 0 Å². The van der Waals surface area contributed by atoms with Gasteiger partial charge in [-0.05, 0) is 45.7 Å². The Kier molecular flexibility index (Phi) is 5.56. The molecule has 0 aromatic carbocycles. The molecule has 2 fully saturated rings. The lowest BCUT2D eigenvalue weighted by molar-refractivity contribution is 0.213. The summed E-state index contributed by atoms with van der Waals surface area (Å²) in [5.41, 5.74) is 0. The molecule has 0 radical (unpaired) electrons. The first-order valence-corrected chi connectivity index (χ1v) is 10.7. The molecule has 0 N–H and O–H groups in total. The summed E-state index contributed by atoms with van der Waals surface area (Å²) < 4.78 is 28.0. The molecule has 3 heterocycles. The molecule has 1 aromatic heterocycles. The third-order valence-corrected chi connectivity index (χ3v) is 7.17. The molecule has 0 bridgehead atoms. The van der Waals surface area contributed by atoms with Gasteiger partial charge in [0.1, 0.15) is 11.6 Å². The van der Waals surface area contributed by atoms with Crippen molar-refractivity contribution in [1.29, 1.82) is 0 Å². The van der Waals surface area contributed by atoms with E-state index in [1.54, 1.807) is 11.2 Å². The zero-order chi connectivity index (χ0) is 17.2. The van der Waals surface area contributed by atoms with Crippen molar-refractivity contribution in [2.75, 3.05) is 31.9 Å². The van der Waals surface area contributed by atoms with Gasteiger partial charge in [0.2, 0.25) is 10.0 Å². The molecule has 1 atom stereocenters. The minimum absolute atomic E-state index is 0.146. The molecule has 136 valence electrons. The van der Waals surface area contributed by atoms with Crippen molar-refractivity contribution in [3.05, 3.63) is 11.6 Å². The van der Waals surface area contributed by atoms with Gasteiger partial charge in [0, 0.05) is 26.1 Å². The highest BCUT2D eigenvalue weighted by Crippen LogP contribution is 2.27. The number of hydrogen-bond donors (Lipinski definition) is 0. The summed E-state index contributed by atoms with van der Waals surface area (Å²) in [6, 6.07) is 0. The topological polar surface area (TPSA) is 71.3 Å².